The van der Waals surface area contributed by atoms with Crippen LogP contribution in [0, 0.1) is 10.1 Å². The van der Waals surface area contributed by atoms with Gasteiger partial charge in [0.15, 0.2) is 0 Å². The lowest BCUT2D eigenvalue weighted by atomic mass is 10.1. The van der Waals surface area contributed by atoms with E-state index in [0.717, 1.165) is 49.0 Å². The summed E-state index contributed by atoms with van der Waals surface area (Å²) in [6.45, 7) is 2.10. The van der Waals surface area contributed by atoms with Crippen LogP contribution >= 0.6 is 0 Å². The van der Waals surface area contributed by atoms with Crippen LogP contribution in [0.2, 0.25) is 0 Å². The van der Waals surface area contributed by atoms with Gasteiger partial charge in [-0.25, -0.2) is 0 Å². The second-order valence-corrected chi connectivity index (χ2v) is 6.44. The summed E-state index contributed by atoms with van der Waals surface area (Å²) in [4.78, 5) is 10.3. The fourth-order valence-corrected chi connectivity index (χ4v) is 2.65. The molecule has 2 rings (SSSR count). The van der Waals surface area contributed by atoms with Gasteiger partial charge in [0.05, 0.1) is 16.7 Å². The highest BCUT2D eigenvalue weighted by Crippen LogP contribution is 2.34. The fourth-order valence-electron chi connectivity index (χ4n) is 2.65. The fraction of sp³-hybridized carbons (Fsp3) is 0.286. The van der Waals surface area contributed by atoms with E-state index < -0.39 is 22.4 Å². The normalized spacial score (nSPS) is 12.3. The first-order valence-electron chi connectivity index (χ1n) is 9.21. The molecule has 154 valence electrons. The number of nitro groups is 1. The zero-order valence-corrected chi connectivity index (χ0v) is 15.9. The minimum Gasteiger partial charge on any atom is -0.272 e. The molecule has 0 atom stereocenters. The third-order valence-corrected chi connectivity index (χ3v) is 4.16. The molecule has 8 heteroatoms. The van der Waals surface area contributed by atoms with Gasteiger partial charge in [-0.15, -0.1) is 0 Å². The number of nitro benzene ring substituents is 1. The SMILES string of the molecule is CCCCCC(C=NNc1ccc(C(F)(F)F)cc1[N+](=O)[O-])=Cc1ccccc1. The topological polar surface area (TPSA) is 67.5 Å². The maximum Gasteiger partial charge on any atom is 0.416 e. The summed E-state index contributed by atoms with van der Waals surface area (Å²) in [5.41, 5.74) is 2.53. The van der Waals surface area contributed by atoms with E-state index in [2.05, 4.69) is 17.5 Å². The molecule has 0 aliphatic rings. The molecule has 2 aromatic carbocycles. The van der Waals surface area contributed by atoms with Gasteiger partial charge in [0.25, 0.3) is 5.69 Å². The number of benzene rings is 2. The lowest BCUT2D eigenvalue weighted by Gasteiger charge is -2.08. The van der Waals surface area contributed by atoms with Crippen molar-refractivity contribution in [2.75, 3.05) is 5.43 Å². The Kier molecular flexibility index (Phi) is 7.94. The molecule has 0 aromatic heterocycles. The molecule has 0 saturated carbocycles. The third-order valence-electron chi connectivity index (χ3n) is 4.16. The summed E-state index contributed by atoms with van der Waals surface area (Å²) < 4.78 is 38.4. The minimum atomic E-state index is -4.66. The van der Waals surface area contributed by atoms with Crippen LogP contribution in [0.5, 0.6) is 0 Å². The summed E-state index contributed by atoms with van der Waals surface area (Å²) in [6, 6.07) is 11.9. The number of hydrogen-bond donors (Lipinski definition) is 1. The molecule has 0 aliphatic carbocycles. The highest BCUT2D eigenvalue weighted by Gasteiger charge is 2.33. The number of nitrogens with zero attached hydrogens (tertiary/aromatic N) is 2. The van der Waals surface area contributed by atoms with Crippen LogP contribution in [0.25, 0.3) is 6.08 Å². The van der Waals surface area contributed by atoms with Crippen molar-refractivity contribution in [3.63, 3.8) is 0 Å². The number of hydrogen-bond acceptors (Lipinski definition) is 4. The van der Waals surface area contributed by atoms with Crippen molar-refractivity contribution in [2.24, 2.45) is 5.10 Å². The Hall–Kier alpha value is -3.16. The van der Waals surface area contributed by atoms with E-state index >= 15 is 0 Å². The molecule has 2 aromatic rings. The van der Waals surface area contributed by atoms with Crippen LogP contribution in [0.1, 0.15) is 43.7 Å². The zero-order valence-electron chi connectivity index (χ0n) is 15.9. The second kappa shape index (κ2) is 10.4. The molecule has 0 amide bonds. The first-order chi connectivity index (χ1) is 13.8. The number of unbranched alkanes of at least 4 members (excludes halogenated alkanes) is 2. The van der Waals surface area contributed by atoms with Crippen molar-refractivity contribution in [1.29, 1.82) is 0 Å². The van der Waals surface area contributed by atoms with Crippen LogP contribution in [0.4, 0.5) is 24.5 Å². The maximum absolute atomic E-state index is 12.8. The van der Waals surface area contributed by atoms with Crippen molar-refractivity contribution < 1.29 is 18.1 Å². The van der Waals surface area contributed by atoms with Crippen LogP contribution < -0.4 is 5.43 Å². The van der Waals surface area contributed by atoms with Crippen LogP contribution in [-0.4, -0.2) is 11.1 Å². The van der Waals surface area contributed by atoms with Crippen LogP contribution in [0.15, 0.2) is 59.2 Å². The van der Waals surface area contributed by atoms with Gasteiger partial charge in [0.1, 0.15) is 5.69 Å². The smallest absolute Gasteiger partial charge is 0.272 e. The first-order valence-corrected chi connectivity index (χ1v) is 9.21. The number of halogens is 3. The van der Waals surface area contributed by atoms with E-state index in [1.54, 1.807) is 6.21 Å². The summed E-state index contributed by atoms with van der Waals surface area (Å²) in [5.74, 6) is 0. The Morgan fingerprint density at radius 2 is 1.90 bits per heavy atom. The Labute approximate surface area is 167 Å². The van der Waals surface area contributed by atoms with E-state index in [1.807, 2.05) is 36.4 Å². The zero-order chi connectivity index (χ0) is 21.3. The van der Waals surface area contributed by atoms with E-state index in [0.29, 0.717) is 6.07 Å². The highest BCUT2D eigenvalue weighted by atomic mass is 19.4. The molecule has 0 bridgehead atoms. The number of allylic oxidation sites excluding steroid dienone is 1. The van der Waals surface area contributed by atoms with Gasteiger partial charge >= 0.3 is 6.18 Å². The molecule has 29 heavy (non-hydrogen) atoms. The summed E-state index contributed by atoms with van der Waals surface area (Å²) in [7, 11) is 0. The number of anilines is 1. The van der Waals surface area contributed by atoms with Crippen molar-refractivity contribution in [1.82, 2.24) is 0 Å². The van der Waals surface area contributed by atoms with Crippen LogP contribution in [-0.2, 0) is 6.18 Å². The molecular formula is C21H22F3N3O2. The Morgan fingerprint density at radius 3 is 2.52 bits per heavy atom. The third kappa shape index (κ3) is 7.06. The average Bonchev–Trinajstić information content (AvgIpc) is 2.68. The molecule has 0 heterocycles. The van der Waals surface area contributed by atoms with Crippen molar-refractivity contribution >= 4 is 23.7 Å². The van der Waals surface area contributed by atoms with Crippen molar-refractivity contribution in [3.05, 3.63) is 75.3 Å². The van der Waals surface area contributed by atoms with Crippen LogP contribution in [0.3, 0.4) is 0 Å². The molecule has 5 nitrogen and oxygen atoms in total. The standard InChI is InChI=1S/C21H22F3N3O2/c1-2-3-5-10-17(13-16-8-6-4-7-9-16)15-25-26-19-12-11-18(21(22,23)24)14-20(19)27(28)29/h4,6-9,11-15,26H,2-3,5,10H2,1H3. The van der Waals surface area contributed by atoms with E-state index in [9.17, 15) is 23.3 Å². The Balaban J connectivity index is 2.21. The number of rotatable bonds is 9. The second-order valence-electron chi connectivity index (χ2n) is 6.44. The molecule has 0 spiro atoms. The molecule has 1 N–H and O–H groups in total. The van der Waals surface area contributed by atoms with Gasteiger partial charge in [0, 0.05) is 6.07 Å². The predicted molar refractivity (Wildman–Crippen MR) is 109 cm³/mol. The summed E-state index contributed by atoms with van der Waals surface area (Å²) in [6.07, 6.45) is 2.69. The van der Waals surface area contributed by atoms with E-state index in [-0.39, 0.29) is 5.69 Å². The van der Waals surface area contributed by atoms with Crippen molar-refractivity contribution in [3.8, 4) is 0 Å². The quantitative estimate of drug-likeness (QED) is 0.219. The molecule has 0 saturated heterocycles. The first kappa shape index (κ1) is 22.1. The lowest BCUT2D eigenvalue weighted by molar-refractivity contribution is -0.384. The Bertz CT molecular complexity index is 878. The van der Waals surface area contributed by atoms with Gasteiger partial charge < -0.3 is 0 Å². The van der Waals surface area contributed by atoms with E-state index in [1.165, 1.54) is 0 Å². The van der Waals surface area contributed by atoms with E-state index in [4.69, 9.17) is 0 Å². The van der Waals surface area contributed by atoms with Gasteiger partial charge in [-0.05, 0) is 36.1 Å². The van der Waals surface area contributed by atoms with Gasteiger partial charge in [0.2, 0.25) is 0 Å². The van der Waals surface area contributed by atoms with Gasteiger partial charge in [-0.3, -0.25) is 15.5 Å². The molecule has 0 aliphatic heterocycles. The number of nitrogens with one attached hydrogen (secondary N) is 1. The largest absolute Gasteiger partial charge is 0.416 e. The molecular weight excluding hydrogens is 383 g/mol. The molecule has 0 unspecified atom stereocenters. The van der Waals surface area contributed by atoms with Crippen molar-refractivity contribution in [2.45, 2.75) is 38.8 Å². The monoisotopic (exact) mass is 405 g/mol. The summed E-state index contributed by atoms with van der Waals surface area (Å²) >= 11 is 0. The average molecular weight is 405 g/mol. The predicted octanol–water partition coefficient (Wildman–Crippen LogP) is 6.68. The molecule has 0 fully saturated rings. The number of hydrazone groups is 1. The number of alkyl halides is 3. The maximum atomic E-state index is 12.8. The lowest BCUT2D eigenvalue weighted by Crippen LogP contribution is -2.06. The Morgan fingerprint density at radius 1 is 1.17 bits per heavy atom. The van der Waals surface area contributed by atoms with Gasteiger partial charge in [-0.2, -0.15) is 18.3 Å². The summed E-state index contributed by atoms with van der Waals surface area (Å²) in [5, 5.41) is 15.2. The van der Waals surface area contributed by atoms with Gasteiger partial charge in [-0.1, -0.05) is 56.2 Å². The highest BCUT2D eigenvalue weighted by molar-refractivity contribution is 5.86. The minimum absolute atomic E-state index is 0.105. The molecule has 0 radical (unpaired) electrons.